The lowest BCUT2D eigenvalue weighted by Gasteiger charge is -2.39. The summed E-state index contributed by atoms with van der Waals surface area (Å²) >= 11 is 8.29. The Morgan fingerprint density at radius 3 is 2.42 bits per heavy atom. The Kier molecular flexibility index (Phi) is 10.7. The first kappa shape index (κ1) is 32.8. The van der Waals surface area contributed by atoms with E-state index in [2.05, 4.69) is 56.1 Å². The molecule has 3 aromatic rings. The largest absolute Gasteiger partial charge is 0.494 e. The minimum absolute atomic E-state index is 0.134. The van der Waals surface area contributed by atoms with Crippen LogP contribution in [0.3, 0.4) is 0 Å². The fourth-order valence-corrected chi connectivity index (χ4v) is 6.62. The molecule has 1 aliphatic heterocycles. The van der Waals surface area contributed by atoms with Gasteiger partial charge in [0, 0.05) is 38.3 Å². The van der Waals surface area contributed by atoms with Crippen LogP contribution in [0.2, 0.25) is 5.02 Å². The number of halogens is 2. The Hall–Kier alpha value is -3.14. The van der Waals surface area contributed by atoms with Gasteiger partial charge in [0.1, 0.15) is 14.0 Å². The number of anilines is 6. The SMILES string of the molecule is C=CC(=O)Nc1cc(Nc2ncc(Cl)c(Nc3ccccc3S(=O)(=O)C(C)I)n2)c(OC)cc1N1CCN(C(C)C)CC1. The number of amides is 1. The molecule has 1 fully saturated rings. The van der Waals surface area contributed by atoms with E-state index in [1.165, 1.54) is 18.3 Å². The third-order valence-corrected chi connectivity index (χ3v) is 11.1. The van der Waals surface area contributed by atoms with Crippen molar-refractivity contribution in [3.05, 3.63) is 60.3 Å². The van der Waals surface area contributed by atoms with Gasteiger partial charge in [-0.25, -0.2) is 13.4 Å². The highest BCUT2D eigenvalue weighted by Gasteiger charge is 2.25. The molecule has 0 spiro atoms. The molecule has 0 saturated carbocycles. The van der Waals surface area contributed by atoms with Crippen LogP contribution < -0.4 is 25.6 Å². The van der Waals surface area contributed by atoms with Crippen molar-refractivity contribution in [2.45, 2.75) is 35.0 Å². The van der Waals surface area contributed by atoms with Gasteiger partial charge in [0.2, 0.25) is 11.9 Å². The lowest BCUT2D eigenvalue weighted by Crippen LogP contribution is -2.49. The first-order chi connectivity index (χ1) is 20.4. The Bertz CT molecular complexity index is 1600. The maximum absolute atomic E-state index is 12.9. The highest BCUT2D eigenvalue weighted by atomic mass is 127. The molecule has 1 atom stereocenters. The molecule has 1 unspecified atom stereocenters. The van der Waals surface area contributed by atoms with E-state index in [9.17, 15) is 13.2 Å². The van der Waals surface area contributed by atoms with Crippen molar-refractivity contribution in [3.63, 3.8) is 0 Å². The normalized spacial score (nSPS) is 14.7. The van der Waals surface area contributed by atoms with E-state index in [1.54, 1.807) is 38.3 Å². The average Bonchev–Trinajstić information content (AvgIpc) is 2.99. The van der Waals surface area contributed by atoms with Crippen molar-refractivity contribution < 1.29 is 17.9 Å². The van der Waals surface area contributed by atoms with Gasteiger partial charge >= 0.3 is 0 Å². The van der Waals surface area contributed by atoms with E-state index in [0.717, 1.165) is 31.9 Å². The number of sulfone groups is 1. The summed E-state index contributed by atoms with van der Waals surface area (Å²) in [5.41, 5.74) is 2.24. The van der Waals surface area contributed by atoms with E-state index >= 15 is 0 Å². The molecule has 1 aliphatic rings. The Balaban J connectivity index is 1.67. The van der Waals surface area contributed by atoms with Gasteiger partial charge in [-0.2, -0.15) is 4.98 Å². The van der Waals surface area contributed by atoms with Gasteiger partial charge in [-0.15, -0.1) is 0 Å². The zero-order chi connectivity index (χ0) is 31.3. The molecule has 0 bridgehead atoms. The summed E-state index contributed by atoms with van der Waals surface area (Å²) in [7, 11) is -2.03. The molecule has 14 heteroatoms. The fourth-order valence-electron chi connectivity index (χ4n) is 4.62. The molecule has 1 saturated heterocycles. The minimum Gasteiger partial charge on any atom is -0.494 e. The Morgan fingerprint density at radius 2 is 1.79 bits per heavy atom. The quantitative estimate of drug-likeness (QED) is 0.126. The first-order valence-electron chi connectivity index (χ1n) is 13.6. The second kappa shape index (κ2) is 14.1. The van der Waals surface area contributed by atoms with Crippen LogP contribution in [0, 0.1) is 0 Å². The molecular formula is C29H35ClIN7O4S. The zero-order valence-electron chi connectivity index (χ0n) is 24.4. The number of benzene rings is 2. The topological polar surface area (TPSA) is 129 Å². The number of ether oxygens (including phenoxy) is 1. The van der Waals surface area contributed by atoms with E-state index in [0.29, 0.717) is 28.9 Å². The number of para-hydroxylation sites is 1. The zero-order valence-corrected chi connectivity index (χ0v) is 28.1. The predicted octanol–water partition coefficient (Wildman–Crippen LogP) is 5.84. The second-order valence-corrected chi connectivity index (χ2v) is 15.5. The monoisotopic (exact) mass is 739 g/mol. The average molecular weight is 740 g/mol. The number of carbonyl (C=O) groups excluding carboxylic acids is 1. The fraction of sp³-hybridized carbons (Fsp3) is 0.345. The molecular weight excluding hydrogens is 705 g/mol. The molecule has 0 radical (unpaired) electrons. The predicted molar refractivity (Wildman–Crippen MR) is 181 cm³/mol. The smallest absolute Gasteiger partial charge is 0.247 e. The lowest BCUT2D eigenvalue weighted by molar-refractivity contribution is -0.111. The number of hydrogen-bond donors (Lipinski definition) is 3. The van der Waals surface area contributed by atoms with Gasteiger partial charge in [-0.3, -0.25) is 9.69 Å². The summed E-state index contributed by atoms with van der Waals surface area (Å²) in [6.07, 6.45) is 2.63. The molecule has 4 rings (SSSR count). The van der Waals surface area contributed by atoms with Gasteiger partial charge in [0.25, 0.3) is 0 Å². The van der Waals surface area contributed by atoms with Crippen LogP contribution in [-0.2, 0) is 14.6 Å². The van der Waals surface area contributed by atoms with E-state index in [1.807, 2.05) is 28.7 Å². The lowest BCUT2D eigenvalue weighted by atomic mass is 10.1. The number of rotatable bonds is 11. The van der Waals surface area contributed by atoms with Gasteiger partial charge in [0.05, 0.1) is 41.0 Å². The molecule has 11 nitrogen and oxygen atoms in total. The Labute approximate surface area is 271 Å². The van der Waals surface area contributed by atoms with Crippen molar-refractivity contribution in [2.75, 3.05) is 54.1 Å². The highest BCUT2D eigenvalue weighted by molar-refractivity contribution is 14.1. The maximum Gasteiger partial charge on any atom is 0.247 e. The molecule has 43 heavy (non-hydrogen) atoms. The summed E-state index contributed by atoms with van der Waals surface area (Å²) in [6.45, 7) is 12.9. The third kappa shape index (κ3) is 7.69. The standard InChI is InChI=1S/C29H35ClIN7O4S/c1-6-27(39)33-22-15-23(25(42-5)16-24(22)38-13-11-37(12-14-38)18(2)3)35-29-32-17-20(30)28(36-29)34-21-9-7-8-10-26(21)43(40,41)19(4)31/h6-10,15-19H,1,11-14H2,2-5H3,(H,33,39)(H2,32,34,35,36). The summed E-state index contributed by atoms with van der Waals surface area (Å²) in [4.78, 5) is 26.0. The molecule has 1 amide bonds. The molecule has 3 N–H and O–H groups in total. The molecule has 1 aromatic heterocycles. The van der Waals surface area contributed by atoms with Crippen LogP contribution in [0.4, 0.5) is 34.5 Å². The number of nitrogens with zero attached hydrogens (tertiary/aromatic N) is 4. The maximum atomic E-state index is 12.9. The van der Waals surface area contributed by atoms with E-state index < -0.39 is 13.1 Å². The number of carbonyl (C=O) groups is 1. The summed E-state index contributed by atoms with van der Waals surface area (Å²) in [6, 6.07) is 10.7. The number of methoxy groups -OCH3 is 1. The summed E-state index contributed by atoms with van der Waals surface area (Å²) in [5.74, 6) is 0.550. The minimum atomic E-state index is -3.59. The molecule has 2 heterocycles. The van der Waals surface area contributed by atoms with Gasteiger partial charge in [0.15, 0.2) is 15.7 Å². The first-order valence-corrected chi connectivity index (χ1v) is 16.8. The number of piperazine rings is 1. The molecule has 0 aliphatic carbocycles. The van der Waals surface area contributed by atoms with Crippen LogP contribution in [0.1, 0.15) is 20.8 Å². The van der Waals surface area contributed by atoms with Gasteiger partial charge in [-0.05, 0) is 45.0 Å². The van der Waals surface area contributed by atoms with Crippen molar-refractivity contribution in [2.24, 2.45) is 0 Å². The highest BCUT2D eigenvalue weighted by Crippen LogP contribution is 2.39. The molecule has 230 valence electrons. The number of alkyl halides is 1. The van der Waals surface area contributed by atoms with Crippen LogP contribution in [0.15, 0.2) is 60.1 Å². The van der Waals surface area contributed by atoms with Crippen LogP contribution >= 0.6 is 34.2 Å². The summed E-state index contributed by atoms with van der Waals surface area (Å²) < 4.78 is 31.0. The third-order valence-electron chi connectivity index (χ3n) is 7.01. The van der Waals surface area contributed by atoms with Gasteiger partial charge < -0.3 is 25.6 Å². The van der Waals surface area contributed by atoms with Crippen LogP contribution in [0.25, 0.3) is 0 Å². The van der Waals surface area contributed by atoms with E-state index in [-0.39, 0.29) is 27.6 Å². The van der Waals surface area contributed by atoms with Crippen molar-refractivity contribution in [1.82, 2.24) is 14.9 Å². The summed E-state index contributed by atoms with van der Waals surface area (Å²) in [5, 5.41) is 9.31. The number of hydrogen-bond acceptors (Lipinski definition) is 10. The van der Waals surface area contributed by atoms with Crippen molar-refractivity contribution in [1.29, 1.82) is 0 Å². The number of aromatic nitrogens is 2. The van der Waals surface area contributed by atoms with E-state index in [4.69, 9.17) is 16.3 Å². The van der Waals surface area contributed by atoms with Crippen molar-refractivity contribution >= 4 is 84.5 Å². The Morgan fingerprint density at radius 1 is 1.09 bits per heavy atom. The van der Waals surface area contributed by atoms with Crippen molar-refractivity contribution in [3.8, 4) is 5.75 Å². The molecule has 2 aromatic carbocycles. The van der Waals surface area contributed by atoms with Crippen LogP contribution in [-0.4, -0.2) is 71.8 Å². The number of nitrogens with one attached hydrogen (secondary N) is 3. The van der Waals surface area contributed by atoms with Crippen LogP contribution in [0.5, 0.6) is 5.75 Å². The second-order valence-electron chi connectivity index (χ2n) is 10.1. The van der Waals surface area contributed by atoms with Gasteiger partial charge in [-0.1, -0.05) is 52.9 Å².